The number of pyridine rings is 1. The smallest absolute Gasteiger partial charge is 0.270 e. The SMILES string of the molecule is CC(C)(O)C(C)(C)Nc1ccc2cc([N+](=O)[O-])ccc2n1. The number of hydrogen-bond donors (Lipinski definition) is 2. The highest BCUT2D eigenvalue weighted by Gasteiger charge is 2.35. The minimum atomic E-state index is -0.931. The fraction of sp³-hybridized carbons (Fsp3) is 0.400. The molecule has 0 radical (unpaired) electrons. The highest BCUT2D eigenvalue weighted by atomic mass is 16.6. The summed E-state index contributed by atoms with van der Waals surface area (Å²) in [5.41, 5.74) is -0.799. The van der Waals surface area contributed by atoms with Crippen molar-refractivity contribution in [2.75, 3.05) is 5.32 Å². The van der Waals surface area contributed by atoms with Crippen LogP contribution in [0.3, 0.4) is 0 Å². The van der Waals surface area contributed by atoms with Crippen LogP contribution in [0.15, 0.2) is 30.3 Å². The fourth-order valence-corrected chi connectivity index (χ4v) is 1.77. The second kappa shape index (κ2) is 4.96. The summed E-state index contributed by atoms with van der Waals surface area (Å²) in [4.78, 5) is 14.8. The maximum atomic E-state index is 10.8. The number of anilines is 1. The molecule has 0 aliphatic rings. The molecule has 0 saturated heterocycles. The van der Waals surface area contributed by atoms with Crippen LogP contribution >= 0.6 is 0 Å². The van der Waals surface area contributed by atoms with Gasteiger partial charge in [-0.25, -0.2) is 4.98 Å². The lowest BCUT2D eigenvalue weighted by Crippen LogP contribution is -2.51. The molecule has 1 heterocycles. The summed E-state index contributed by atoms with van der Waals surface area (Å²) in [6, 6.07) is 8.07. The summed E-state index contributed by atoms with van der Waals surface area (Å²) < 4.78 is 0. The van der Waals surface area contributed by atoms with E-state index in [0.29, 0.717) is 16.7 Å². The van der Waals surface area contributed by atoms with Crippen LogP contribution in [-0.4, -0.2) is 26.2 Å². The van der Waals surface area contributed by atoms with Gasteiger partial charge in [-0.05, 0) is 45.9 Å². The van der Waals surface area contributed by atoms with Crippen molar-refractivity contribution in [2.45, 2.75) is 38.8 Å². The molecule has 2 N–H and O–H groups in total. The maximum Gasteiger partial charge on any atom is 0.270 e. The zero-order chi connectivity index (χ0) is 15.8. The van der Waals surface area contributed by atoms with Gasteiger partial charge in [-0.1, -0.05) is 0 Å². The van der Waals surface area contributed by atoms with Crippen molar-refractivity contribution in [2.24, 2.45) is 0 Å². The van der Waals surface area contributed by atoms with E-state index in [1.165, 1.54) is 12.1 Å². The van der Waals surface area contributed by atoms with Crippen molar-refractivity contribution < 1.29 is 10.0 Å². The van der Waals surface area contributed by atoms with Crippen LogP contribution in [0.5, 0.6) is 0 Å². The lowest BCUT2D eigenvalue weighted by molar-refractivity contribution is -0.384. The largest absolute Gasteiger partial charge is 0.388 e. The first-order chi connectivity index (χ1) is 9.60. The Morgan fingerprint density at radius 1 is 1.19 bits per heavy atom. The Labute approximate surface area is 123 Å². The summed E-state index contributed by atoms with van der Waals surface area (Å²) in [5, 5.41) is 24.8. The lowest BCUT2D eigenvalue weighted by atomic mass is 9.86. The van der Waals surface area contributed by atoms with Crippen LogP contribution in [0.1, 0.15) is 27.7 Å². The van der Waals surface area contributed by atoms with E-state index in [9.17, 15) is 15.2 Å². The van der Waals surface area contributed by atoms with Crippen molar-refractivity contribution in [3.63, 3.8) is 0 Å². The minimum absolute atomic E-state index is 0.0434. The number of benzene rings is 1. The number of aromatic nitrogens is 1. The van der Waals surface area contributed by atoms with E-state index < -0.39 is 16.1 Å². The van der Waals surface area contributed by atoms with E-state index >= 15 is 0 Å². The van der Waals surface area contributed by atoms with Crippen molar-refractivity contribution in [1.29, 1.82) is 0 Å². The molecule has 1 aromatic heterocycles. The molecular weight excluding hydrogens is 270 g/mol. The van der Waals surface area contributed by atoms with Crippen LogP contribution in [-0.2, 0) is 0 Å². The number of fused-ring (bicyclic) bond motifs is 1. The van der Waals surface area contributed by atoms with Crippen molar-refractivity contribution >= 4 is 22.4 Å². The van der Waals surface area contributed by atoms with Gasteiger partial charge in [0, 0.05) is 17.5 Å². The summed E-state index contributed by atoms with van der Waals surface area (Å²) in [6.07, 6.45) is 0. The average molecular weight is 289 g/mol. The van der Waals surface area contributed by atoms with Crippen LogP contribution in [0.2, 0.25) is 0 Å². The molecule has 0 fully saturated rings. The van der Waals surface area contributed by atoms with Gasteiger partial charge >= 0.3 is 0 Å². The Bertz CT molecular complexity index is 690. The molecule has 0 bridgehead atoms. The Morgan fingerprint density at radius 3 is 2.43 bits per heavy atom. The monoisotopic (exact) mass is 289 g/mol. The first-order valence-electron chi connectivity index (χ1n) is 6.66. The molecule has 0 aliphatic carbocycles. The topological polar surface area (TPSA) is 88.3 Å². The predicted octanol–water partition coefficient (Wildman–Crippen LogP) is 3.10. The Hall–Kier alpha value is -2.21. The van der Waals surface area contributed by atoms with Gasteiger partial charge in [-0.15, -0.1) is 0 Å². The van der Waals surface area contributed by atoms with Gasteiger partial charge in [-0.3, -0.25) is 10.1 Å². The van der Waals surface area contributed by atoms with Crippen molar-refractivity contribution in [1.82, 2.24) is 4.98 Å². The third-order valence-electron chi connectivity index (χ3n) is 3.85. The number of hydrogen-bond acceptors (Lipinski definition) is 5. The molecule has 0 atom stereocenters. The van der Waals surface area contributed by atoms with Gasteiger partial charge in [0.15, 0.2) is 0 Å². The summed E-state index contributed by atoms with van der Waals surface area (Å²) in [5.74, 6) is 0.614. The molecule has 6 heteroatoms. The Morgan fingerprint density at radius 2 is 1.86 bits per heavy atom. The molecule has 0 saturated carbocycles. The van der Waals surface area contributed by atoms with E-state index in [1.807, 2.05) is 13.8 Å². The van der Waals surface area contributed by atoms with Crippen LogP contribution in [0, 0.1) is 10.1 Å². The minimum Gasteiger partial charge on any atom is -0.388 e. The molecule has 0 spiro atoms. The number of nitro benzene ring substituents is 1. The zero-order valence-electron chi connectivity index (χ0n) is 12.5. The first kappa shape index (κ1) is 15.2. The summed E-state index contributed by atoms with van der Waals surface area (Å²) in [6.45, 7) is 7.22. The Kier molecular flexibility index (Phi) is 3.59. The number of nitrogens with one attached hydrogen (secondary N) is 1. The van der Waals surface area contributed by atoms with Gasteiger partial charge in [0.05, 0.1) is 21.6 Å². The normalized spacial score (nSPS) is 12.4. The number of aliphatic hydroxyl groups is 1. The van der Waals surface area contributed by atoms with Gasteiger partial charge in [0.2, 0.25) is 0 Å². The molecule has 1 aromatic carbocycles. The second-order valence-electron chi connectivity index (χ2n) is 6.14. The third kappa shape index (κ3) is 3.11. The standard InChI is InChI=1S/C15H19N3O3/c1-14(2,15(3,4)19)17-13-8-5-10-9-11(18(20)21)6-7-12(10)16-13/h5-9,19H,1-4H3,(H,16,17). The molecule has 0 aliphatic heterocycles. The van der Waals surface area contributed by atoms with Gasteiger partial charge in [0.1, 0.15) is 5.82 Å². The highest BCUT2D eigenvalue weighted by molar-refractivity contribution is 5.82. The van der Waals surface area contributed by atoms with E-state index in [-0.39, 0.29) is 5.69 Å². The van der Waals surface area contributed by atoms with Gasteiger partial charge in [-0.2, -0.15) is 0 Å². The highest BCUT2D eigenvalue weighted by Crippen LogP contribution is 2.27. The molecular formula is C15H19N3O3. The first-order valence-corrected chi connectivity index (χ1v) is 6.66. The molecule has 21 heavy (non-hydrogen) atoms. The molecule has 2 rings (SSSR count). The van der Waals surface area contributed by atoms with Crippen LogP contribution < -0.4 is 5.32 Å². The van der Waals surface area contributed by atoms with Crippen molar-refractivity contribution in [3.05, 3.63) is 40.4 Å². The molecule has 0 unspecified atom stereocenters. The summed E-state index contributed by atoms with van der Waals surface area (Å²) in [7, 11) is 0. The number of rotatable bonds is 4. The number of non-ortho nitro benzene ring substituents is 1. The van der Waals surface area contributed by atoms with Crippen LogP contribution in [0.4, 0.5) is 11.5 Å². The van der Waals surface area contributed by atoms with E-state index in [1.54, 1.807) is 32.0 Å². The molecule has 6 nitrogen and oxygen atoms in total. The summed E-state index contributed by atoms with van der Waals surface area (Å²) >= 11 is 0. The lowest BCUT2D eigenvalue weighted by Gasteiger charge is -2.38. The van der Waals surface area contributed by atoms with E-state index in [2.05, 4.69) is 10.3 Å². The maximum absolute atomic E-state index is 10.8. The fourth-order valence-electron chi connectivity index (χ4n) is 1.77. The third-order valence-corrected chi connectivity index (χ3v) is 3.85. The van der Waals surface area contributed by atoms with E-state index in [4.69, 9.17) is 0 Å². The van der Waals surface area contributed by atoms with Crippen LogP contribution in [0.25, 0.3) is 10.9 Å². The van der Waals surface area contributed by atoms with Crippen molar-refractivity contribution in [3.8, 4) is 0 Å². The molecule has 0 amide bonds. The molecule has 2 aromatic rings. The molecule has 112 valence electrons. The van der Waals surface area contributed by atoms with Gasteiger partial charge < -0.3 is 10.4 Å². The second-order valence-corrected chi connectivity index (χ2v) is 6.14. The Balaban J connectivity index is 2.36. The predicted molar refractivity (Wildman–Crippen MR) is 82.4 cm³/mol. The van der Waals surface area contributed by atoms with E-state index in [0.717, 1.165) is 0 Å². The number of nitro groups is 1. The van der Waals surface area contributed by atoms with Gasteiger partial charge in [0.25, 0.3) is 5.69 Å². The quantitative estimate of drug-likeness (QED) is 0.667. The zero-order valence-corrected chi connectivity index (χ0v) is 12.5. The average Bonchev–Trinajstić information content (AvgIpc) is 2.36. The number of nitrogens with zero attached hydrogens (tertiary/aromatic N) is 2.